The molecule has 0 amide bonds. The molecular formula is C21H29F3N2O6S. The van der Waals surface area contributed by atoms with Gasteiger partial charge < -0.3 is 14.6 Å². The van der Waals surface area contributed by atoms with E-state index in [1.54, 1.807) is 28.6 Å². The molecule has 12 heteroatoms. The number of piperidine rings is 1. The van der Waals surface area contributed by atoms with Crippen LogP contribution in [0.3, 0.4) is 0 Å². The zero-order valence-corrected chi connectivity index (χ0v) is 19.0. The van der Waals surface area contributed by atoms with E-state index in [1.165, 1.54) is 0 Å². The van der Waals surface area contributed by atoms with E-state index < -0.39 is 22.2 Å². The fourth-order valence-corrected chi connectivity index (χ4v) is 5.84. The molecule has 3 saturated heterocycles. The van der Waals surface area contributed by atoms with Gasteiger partial charge in [-0.05, 0) is 36.8 Å². The van der Waals surface area contributed by atoms with Gasteiger partial charge in [-0.2, -0.15) is 17.5 Å². The Labute approximate surface area is 191 Å². The molecule has 3 aliphatic rings. The average molecular weight is 495 g/mol. The zero-order valence-electron chi connectivity index (χ0n) is 18.2. The summed E-state index contributed by atoms with van der Waals surface area (Å²) in [4.78, 5) is 11.7. The molecule has 8 nitrogen and oxygen atoms in total. The van der Waals surface area contributed by atoms with E-state index in [0.29, 0.717) is 18.0 Å². The minimum Gasteiger partial charge on any atom is -0.475 e. The van der Waals surface area contributed by atoms with Gasteiger partial charge in [-0.25, -0.2) is 13.2 Å². The van der Waals surface area contributed by atoms with Crippen LogP contribution < -0.4 is 0 Å². The van der Waals surface area contributed by atoms with Crippen LogP contribution >= 0.6 is 0 Å². The van der Waals surface area contributed by atoms with Crippen molar-refractivity contribution in [2.24, 2.45) is 5.41 Å². The number of hydrogen-bond acceptors (Lipinski definition) is 6. The largest absolute Gasteiger partial charge is 0.490 e. The average Bonchev–Trinajstić information content (AvgIpc) is 3.17. The molecule has 3 aliphatic heterocycles. The lowest BCUT2D eigenvalue weighted by atomic mass is 9.77. The SMILES string of the molecule is O=C(O)C(F)(F)F.O=S(=O)(c1ccccc1)N1CCC2(CC1)COC(CN1CCOCC1)C2. The number of nitrogens with zero attached hydrogens (tertiary/aromatic N) is 2. The van der Waals surface area contributed by atoms with Crippen LogP contribution in [0.15, 0.2) is 35.2 Å². The number of alkyl halides is 3. The number of carbonyl (C=O) groups is 1. The lowest BCUT2D eigenvalue weighted by Gasteiger charge is -2.38. The minimum absolute atomic E-state index is 0.152. The third-order valence-corrected chi connectivity index (χ3v) is 8.17. The van der Waals surface area contributed by atoms with Crippen molar-refractivity contribution in [3.63, 3.8) is 0 Å². The third kappa shape index (κ3) is 6.89. The molecule has 1 N–H and O–H groups in total. The molecule has 0 radical (unpaired) electrons. The van der Waals surface area contributed by atoms with Crippen molar-refractivity contribution in [2.75, 3.05) is 52.5 Å². The number of carboxylic acids is 1. The van der Waals surface area contributed by atoms with Gasteiger partial charge in [0.05, 0.1) is 30.8 Å². The number of aliphatic carboxylic acids is 1. The highest BCUT2D eigenvalue weighted by molar-refractivity contribution is 7.89. The summed E-state index contributed by atoms with van der Waals surface area (Å²) in [6, 6.07) is 8.75. The summed E-state index contributed by atoms with van der Waals surface area (Å²) in [7, 11) is -3.37. The Balaban J connectivity index is 0.000000383. The second-order valence-electron chi connectivity index (χ2n) is 8.57. The van der Waals surface area contributed by atoms with E-state index in [0.717, 1.165) is 58.7 Å². The number of benzene rings is 1. The van der Waals surface area contributed by atoms with Gasteiger partial charge in [0.25, 0.3) is 0 Å². The first-order valence-electron chi connectivity index (χ1n) is 10.8. The maximum absolute atomic E-state index is 12.8. The van der Waals surface area contributed by atoms with Gasteiger partial charge >= 0.3 is 12.1 Å². The molecule has 0 bridgehead atoms. The van der Waals surface area contributed by atoms with Crippen molar-refractivity contribution in [3.8, 4) is 0 Å². The number of ether oxygens (including phenoxy) is 2. The third-order valence-electron chi connectivity index (χ3n) is 6.26. The first-order chi connectivity index (χ1) is 15.5. The smallest absolute Gasteiger partial charge is 0.475 e. The van der Waals surface area contributed by atoms with Gasteiger partial charge in [0.1, 0.15) is 0 Å². The Hall–Kier alpha value is -1.73. The molecule has 3 fully saturated rings. The van der Waals surface area contributed by atoms with E-state index in [-0.39, 0.29) is 11.5 Å². The number of carboxylic acid groups (broad SMARTS) is 1. The first-order valence-corrected chi connectivity index (χ1v) is 12.2. The van der Waals surface area contributed by atoms with Crippen molar-refractivity contribution in [2.45, 2.75) is 36.4 Å². The van der Waals surface area contributed by atoms with Crippen molar-refractivity contribution in [1.29, 1.82) is 0 Å². The van der Waals surface area contributed by atoms with Crippen LogP contribution in [0.4, 0.5) is 13.2 Å². The zero-order chi connectivity index (χ0) is 24.1. The monoisotopic (exact) mass is 494 g/mol. The summed E-state index contributed by atoms with van der Waals surface area (Å²) in [6.45, 7) is 6.49. The van der Waals surface area contributed by atoms with Crippen LogP contribution in [0.1, 0.15) is 19.3 Å². The van der Waals surface area contributed by atoms with E-state index in [1.807, 2.05) is 6.07 Å². The molecule has 1 spiro atoms. The maximum atomic E-state index is 12.8. The van der Waals surface area contributed by atoms with Gasteiger partial charge in [-0.15, -0.1) is 0 Å². The molecule has 4 rings (SSSR count). The molecule has 0 saturated carbocycles. The Kier molecular flexibility index (Phi) is 8.38. The summed E-state index contributed by atoms with van der Waals surface area (Å²) in [5.74, 6) is -2.76. The quantitative estimate of drug-likeness (QED) is 0.686. The number of hydrogen-bond donors (Lipinski definition) is 1. The van der Waals surface area contributed by atoms with Gasteiger partial charge in [0.15, 0.2) is 0 Å². The van der Waals surface area contributed by atoms with E-state index in [4.69, 9.17) is 19.4 Å². The molecule has 1 aromatic carbocycles. The van der Waals surface area contributed by atoms with Gasteiger partial charge in [-0.3, -0.25) is 4.90 Å². The van der Waals surface area contributed by atoms with Crippen LogP contribution in [-0.4, -0.2) is 93.5 Å². The molecule has 186 valence electrons. The summed E-state index contributed by atoms with van der Waals surface area (Å²) in [5, 5.41) is 7.12. The van der Waals surface area contributed by atoms with E-state index in [9.17, 15) is 21.6 Å². The highest BCUT2D eigenvalue weighted by Crippen LogP contribution is 2.43. The van der Waals surface area contributed by atoms with Crippen LogP contribution in [0, 0.1) is 5.41 Å². The molecule has 0 aromatic heterocycles. The summed E-state index contributed by atoms with van der Waals surface area (Å²) in [6.07, 6.45) is -1.99. The fourth-order valence-electron chi connectivity index (χ4n) is 4.38. The molecule has 3 heterocycles. The second-order valence-corrected chi connectivity index (χ2v) is 10.5. The van der Waals surface area contributed by atoms with Crippen LogP contribution in [0.25, 0.3) is 0 Å². The lowest BCUT2D eigenvalue weighted by molar-refractivity contribution is -0.192. The van der Waals surface area contributed by atoms with Crippen molar-refractivity contribution in [3.05, 3.63) is 30.3 Å². The fraction of sp³-hybridized carbons (Fsp3) is 0.667. The predicted molar refractivity (Wildman–Crippen MR) is 112 cm³/mol. The normalized spacial score (nSPS) is 24.3. The number of morpholine rings is 1. The first kappa shape index (κ1) is 25.9. The molecule has 1 unspecified atom stereocenters. The number of rotatable bonds is 4. The predicted octanol–water partition coefficient (Wildman–Crippen LogP) is 2.21. The van der Waals surface area contributed by atoms with Crippen molar-refractivity contribution in [1.82, 2.24) is 9.21 Å². The van der Waals surface area contributed by atoms with Crippen molar-refractivity contribution < 1.29 is 41.0 Å². The number of sulfonamides is 1. The Bertz CT molecular complexity index is 883. The van der Waals surface area contributed by atoms with Crippen LogP contribution in [0.5, 0.6) is 0 Å². The molecule has 0 aliphatic carbocycles. The topological polar surface area (TPSA) is 96.4 Å². The molecule has 1 atom stereocenters. The molecule has 1 aromatic rings. The lowest BCUT2D eigenvalue weighted by Crippen LogP contribution is -2.44. The number of halogens is 3. The Morgan fingerprint density at radius 3 is 2.21 bits per heavy atom. The standard InChI is InChI=1S/C19H28N2O4S.C2HF3O2/c22-26(23,18-4-2-1-3-5-18)21-8-6-19(7-9-21)14-17(25-16-19)15-20-10-12-24-13-11-20;3-2(4,5)1(6)7/h1-5,17H,6-16H2;(H,6,7). The van der Waals surface area contributed by atoms with Gasteiger partial charge in [-0.1, -0.05) is 18.2 Å². The maximum Gasteiger partial charge on any atom is 0.490 e. The molecule has 33 heavy (non-hydrogen) atoms. The van der Waals surface area contributed by atoms with E-state index >= 15 is 0 Å². The van der Waals surface area contributed by atoms with Gasteiger partial charge in [0.2, 0.25) is 10.0 Å². The highest BCUT2D eigenvalue weighted by atomic mass is 32.2. The van der Waals surface area contributed by atoms with Gasteiger partial charge in [0, 0.05) is 32.7 Å². The van der Waals surface area contributed by atoms with Crippen molar-refractivity contribution >= 4 is 16.0 Å². The summed E-state index contributed by atoms with van der Waals surface area (Å²) < 4.78 is 70.5. The summed E-state index contributed by atoms with van der Waals surface area (Å²) >= 11 is 0. The highest BCUT2D eigenvalue weighted by Gasteiger charge is 2.44. The Morgan fingerprint density at radius 2 is 1.67 bits per heavy atom. The van der Waals surface area contributed by atoms with Crippen LogP contribution in [-0.2, 0) is 24.3 Å². The van der Waals surface area contributed by atoms with E-state index in [2.05, 4.69) is 4.90 Å². The molecular weight excluding hydrogens is 465 g/mol. The Morgan fingerprint density at radius 1 is 1.09 bits per heavy atom. The second kappa shape index (κ2) is 10.7. The summed E-state index contributed by atoms with van der Waals surface area (Å²) in [5.41, 5.74) is 0.152. The van der Waals surface area contributed by atoms with Crippen LogP contribution in [0.2, 0.25) is 0 Å². The minimum atomic E-state index is -5.08.